The molecule has 134 valence electrons. The first-order valence-electron chi connectivity index (χ1n) is 9.02. The number of amides is 2. The van der Waals surface area contributed by atoms with E-state index in [1.165, 1.54) is 0 Å². The highest BCUT2D eigenvalue weighted by Crippen LogP contribution is 2.24. The Labute approximate surface area is 154 Å². The summed E-state index contributed by atoms with van der Waals surface area (Å²) < 4.78 is 0. The van der Waals surface area contributed by atoms with Crippen LogP contribution in [-0.2, 0) is 9.59 Å². The molecule has 1 aliphatic rings. The molecule has 0 aromatic heterocycles. The molecule has 1 heterocycles. The first kappa shape index (κ1) is 17.9. The maximum Gasteiger partial charge on any atom is 0.251 e. The van der Waals surface area contributed by atoms with Crippen LogP contribution in [-0.4, -0.2) is 35.8 Å². The summed E-state index contributed by atoms with van der Waals surface area (Å²) in [6.45, 7) is 2.99. The van der Waals surface area contributed by atoms with Gasteiger partial charge < -0.3 is 9.80 Å². The Morgan fingerprint density at radius 2 is 1.54 bits per heavy atom. The van der Waals surface area contributed by atoms with Crippen LogP contribution in [0, 0.1) is 0 Å². The van der Waals surface area contributed by atoms with Crippen molar-refractivity contribution in [3.8, 4) is 0 Å². The van der Waals surface area contributed by atoms with E-state index in [9.17, 15) is 9.59 Å². The van der Waals surface area contributed by atoms with Crippen molar-refractivity contribution in [3.63, 3.8) is 0 Å². The van der Waals surface area contributed by atoms with Crippen LogP contribution in [0.3, 0.4) is 0 Å². The van der Waals surface area contributed by atoms with Crippen LogP contribution < -0.4 is 4.90 Å². The van der Waals surface area contributed by atoms with E-state index < -0.39 is 0 Å². The van der Waals surface area contributed by atoms with Gasteiger partial charge in [-0.15, -0.1) is 0 Å². The Kier molecular flexibility index (Phi) is 5.84. The molecule has 0 aliphatic carbocycles. The van der Waals surface area contributed by atoms with Gasteiger partial charge in [-0.2, -0.15) is 0 Å². The number of rotatable bonds is 4. The lowest BCUT2D eigenvalue weighted by molar-refractivity contribution is -0.129. The molecular formula is C22H24N2O2. The molecule has 1 fully saturated rings. The van der Waals surface area contributed by atoms with Crippen molar-refractivity contribution in [3.05, 3.63) is 72.3 Å². The zero-order valence-corrected chi connectivity index (χ0v) is 15.0. The molecule has 1 saturated heterocycles. The second-order valence-corrected chi connectivity index (χ2v) is 6.53. The van der Waals surface area contributed by atoms with Crippen molar-refractivity contribution in [1.29, 1.82) is 0 Å². The molecule has 0 atom stereocenters. The van der Waals surface area contributed by atoms with Crippen LogP contribution in [0.5, 0.6) is 0 Å². The quantitative estimate of drug-likeness (QED) is 0.790. The molecule has 0 unspecified atom stereocenters. The van der Waals surface area contributed by atoms with Gasteiger partial charge in [0.15, 0.2) is 0 Å². The summed E-state index contributed by atoms with van der Waals surface area (Å²) in [6.07, 6.45) is 5.07. The number of anilines is 1. The minimum atomic E-state index is -0.0265. The van der Waals surface area contributed by atoms with Gasteiger partial charge in [0.25, 0.3) is 5.91 Å². The van der Waals surface area contributed by atoms with Gasteiger partial charge in [-0.1, -0.05) is 48.5 Å². The standard InChI is InChI=1S/C22H24N2O2/c1-18(25)23-16-14-21(15-17-23)24(20-10-6-3-7-11-20)22(26)13-12-19-8-4-2-5-9-19/h2-13,21H,14-17H2,1H3/b13-12-. The number of nitrogens with zero attached hydrogens (tertiary/aromatic N) is 2. The van der Waals surface area contributed by atoms with E-state index in [1.54, 1.807) is 13.0 Å². The summed E-state index contributed by atoms with van der Waals surface area (Å²) in [4.78, 5) is 28.3. The summed E-state index contributed by atoms with van der Waals surface area (Å²) in [5.41, 5.74) is 1.90. The minimum absolute atomic E-state index is 0.0265. The molecule has 0 spiro atoms. The Hall–Kier alpha value is -2.88. The summed E-state index contributed by atoms with van der Waals surface area (Å²) >= 11 is 0. The number of hydrogen-bond acceptors (Lipinski definition) is 2. The van der Waals surface area contributed by atoms with Crippen molar-refractivity contribution >= 4 is 23.6 Å². The molecule has 4 heteroatoms. The van der Waals surface area contributed by atoms with Gasteiger partial charge in [0.05, 0.1) is 0 Å². The number of para-hydroxylation sites is 1. The molecule has 0 bridgehead atoms. The summed E-state index contributed by atoms with van der Waals surface area (Å²) in [5.74, 6) is 0.0753. The van der Waals surface area contributed by atoms with E-state index in [-0.39, 0.29) is 17.9 Å². The molecule has 26 heavy (non-hydrogen) atoms. The molecule has 0 N–H and O–H groups in total. The molecule has 1 aliphatic heterocycles. The summed E-state index contributed by atoms with van der Waals surface area (Å²) in [6, 6.07) is 19.7. The molecule has 2 aromatic rings. The van der Waals surface area contributed by atoms with Crippen LogP contribution >= 0.6 is 0 Å². The maximum atomic E-state index is 13.0. The maximum absolute atomic E-state index is 13.0. The molecule has 4 nitrogen and oxygen atoms in total. The van der Waals surface area contributed by atoms with Gasteiger partial charge in [0, 0.05) is 37.8 Å². The van der Waals surface area contributed by atoms with Crippen molar-refractivity contribution in [2.24, 2.45) is 0 Å². The minimum Gasteiger partial charge on any atom is -0.343 e. The first-order valence-corrected chi connectivity index (χ1v) is 9.02. The normalized spacial score (nSPS) is 15.2. The molecule has 3 rings (SSSR count). The topological polar surface area (TPSA) is 40.6 Å². The Balaban J connectivity index is 1.79. The van der Waals surface area contributed by atoms with E-state index in [1.807, 2.05) is 76.5 Å². The van der Waals surface area contributed by atoms with Gasteiger partial charge in [0.1, 0.15) is 0 Å². The third-order valence-electron chi connectivity index (χ3n) is 4.76. The van der Waals surface area contributed by atoms with E-state index in [2.05, 4.69) is 0 Å². The highest BCUT2D eigenvalue weighted by atomic mass is 16.2. The number of likely N-dealkylation sites (tertiary alicyclic amines) is 1. The number of carbonyl (C=O) groups excluding carboxylic acids is 2. The summed E-state index contributed by atoms with van der Waals surface area (Å²) in [7, 11) is 0. The van der Waals surface area contributed by atoms with Crippen LogP contribution in [0.2, 0.25) is 0 Å². The molecule has 0 saturated carbocycles. The molecule has 2 aromatic carbocycles. The van der Waals surface area contributed by atoms with E-state index in [0.29, 0.717) is 13.1 Å². The second-order valence-electron chi connectivity index (χ2n) is 6.53. The number of benzene rings is 2. The highest BCUT2D eigenvalue weighted by molar-refractivity contribution is 6.04. The fourth-order valence-electron chi connectivity index (χ4n) is 3.36. The fraction of sp³-hybridized carbons (Fsp3) is 0.273. The highest BCUT2D eigenvalue weighted by Gasteiger charge is 2.28. The van der Waals surface area contributed by atoms with Crippen LogP contribution in [0.1, 0.15) is 25.3 Å². The number of carbonyl (C=O) groups is 2. The lowest BCUT2D eigenvalue weighted by Gasteiger charge is -2.38. The Morgan fingerprint density at radius 1 is 0.962 bits per heavy atom. The van der Waals surface area contributed by atoms with Crippen LogP contribution in [0.15, 0.2) is 66.7 Å². The average molecular weight is 348 g/mol. The number of piperidine rings is 1. The predicted molar refractivity (Wildman–Crippen MR) is 105 cm³/mol. The van der Waals surface area contributed by atoms with Gasteiger partial charge in [-0.25, -0.2) is 0 Å². The second kappa shape index (κ2) is 8.48. The Morgan fingerprint density at radius 3 is 2.12 bits per heavy atom. The van der Waals surface area contributed by atoms with Crippen molar-refractivity contribution in [2.75, 3.05) is 18.0 Å². The zero-order chi connectivity index (χ0) is 18.4. The zero-order valence-electron chi connectivity index (χ0n) is 15.0. The third kappa shape index (κ3) is 4.39. The smallest absolute Gasteiger partial charge is 0.251 e. The Bertz CT molecular complexity index is 763. The van der Waals surface area contributed by atoms with Gasteiger partial charge >= 0.3 is 0 Å². The SMILES string of the molecule is CC(=O)N1CCC(N(C(=O)/C=C\c2ccccc2)c2ccccc2)CC1. The van der Waals surface area contributed by atoms with E-state index in [0.717, 1.165) is 24.1 Å². The molecule has 2 amide bonds. The molecule has 0 radical (unpaired) electrons. The average Bonchev–Trinajstić information content (AvgIpc) is 2.69. The first-order chi connectivity index (χ1) is 12.6. The largest absolute Gasteiger partial charge is 0.343 e. The van der Waals surface area contributed by atoms with Gasteiger partial charge in [-0.3, -0.25) is 9.59 Å². The van der Waals surface area contributed by atoms with Gasteiger partial charge in [-0.05, 0) is 36.6 Å². The van der Waals surface area contributed by atoms with E-state index in [4.69, 9.17) is 0 Å². The summed E-state index contributed by atoms with van der Waals surface area (Å²) in [5, 5.41) is 0. The predicted octanol–water partition coefficient (Wildman–Crippen LogP) is 3.74. The lowest BCUT2D eigenvalue weighted by Crippen LogP contribution is -2.48. The van der Waals surface area contributed by atoms with Gasteiger partial charge in [0.2, 0.25) is 5.91 Å². The number of hydrogen-bond donors (Lipinski definition) is 0. The van der Waals surface area contributed by atoms with E-state index >= 15 is 0 Å². The van der Waals surface area contributed by atoms with Crippen molar-refractivity contribution < 1.29 is 9.59 Å². The lowest BCUT2D eigenvalue weighted by atomic mass is 10.0. The molecular weight excluding hydrogens is 324 g/mol. The van der Waals surface area contributed by atoms with Crippen LogP contribution in [0.25, 0.3) is 6.08 Å². The van der Waals surface area contributed by atoms with Crippen LogP contribution in [0.4, 0.5) is 5.69 Å². The third-order valence-corrected chi connectivity index (χ3v) is 4.76. The van der Waals surface area contributed by atoms with Crippen molar-refractivity contribution in [1.82, 2.24) is 4.90 Å². The monoisotopic (exact) mass is 348 g/mol. The fourth-order valence-corrected chi connectivity index (χ4v) is 3.36. The van der Waals surface area contributed by atoms with Crippen molar-refractivity contribution in [2.45, 2.75) is 25.8 Å².